The Bertz CT molecular complexity index is 1540. The van der Waals surface area contributed by atoms with Gasteiger partial charge < -0.3 is 14.8 Å². The van der Waals surface area contributed by atoms with Gasteiger partial charge in [-0.3, -0.25) is 4.79 Å². The molecule has 0 fully saturated rings. The van der Waals surface area contributed by atoms with E-state index >= 15 is 0 Å². The predicted molar refractivity (Wildman–Crippen MR) is 148 cm³/mol. The highest BCUT2D eigenvalue weighted by Crippen LogP contribution is 2.38. The molecule has 1 atom stereocenters. The molecule has 41 heavy (non-hydrogen) atoms. The second kappa shape index (κ2) is 12.7. The van der Waals surface area contributed by atoms with E-state index in [0.29, 0.717) is 32.6 Å². The summed E-state index contributed by atoms with van der Waals surface area (Å²) in [5.41, 5.74) is 0.735. The van der Waals surface area contributed by atoms with Gasteiger partial charge >= 0.3 is 12.1 Å². The van der Waals surface area contributed by atoms with E-state index in [1.807, 2.05) is 0 Å². The number of nitrogens with one attached hydrogen (secondary N) is 1. The number of halogens is 5. The van der Waals surface area contributed by atoms with Crippen molar-refractivity contribution in [2.75, 3.05) is 13.2 Å². The number of benzene rings is 3. The number of carbonyl (C=O) groups is 2. The van der Waals surface area contributed by atoms with E-state index in [1.54, 1.807) is 62.4 Å². The van der Waals surface area contributed by atoms with Crippen molar-refractivity contribution in [3.63, 3.8) is 0 Å². The summed E-state index contributed by atoms with van der Waals surface area (Å²) in [4.78, 5) is 25.8. The SMILES string of the molecule is CCOC(=O)COc1c(C(=O)N[C@H](C)c2ccc(C(F)(F)F)cc2)nn(-c2ccccc2Cl)c1-c1ccc(Cl)cc1. The quantitative estimate of drug-likeness (QED) is 0.202. The van der Waals surface area contributed by atoms with Crippen molar-refractivity contribution in [2.24, 2.45) is 0 Å². The Morgan fingerprint density at radius 3 is 2.27 bits per heavy atom. The lowest BCUT2D eigenvalue weighted by atomic mass is 10.1. The van der Waals surface area contributed by atoms with E-state index in [4.69, 9.17) is 32.7 Å². The van der Waals surface area contributed by atoms with Crippen molar-refractivity contribution in [2.45, 2.75) is 26.1 Å². The molecule has 0 aliphatic rings. The summed E-state index contributed by atoms with van der Waals surface area (Å²) in [5, 5.41) is 8.06. The number of nitrogens with zero attached hydrogens (tertiary/aromatic N) is 2. The number of aromatic nitrogens is 2. The van der Waals surface area contributed by atoms with Gasteiger partial charge in [0, 0.05) is 10.6 Å². The summed E-state index contributed by atoms with van der Waals surface area (Å²) < 4.78 is 51.3. The van der Waals surface area contributed by atoms with Crippen LogP contribution in [0.2, 0.25) is 10.0 Å². The maximum absolute atomic E-state index is 13.6. The maximum atomic E-state index is 13.6. The third-order valence-corrected chi connectivity index (χ3v) is 6.55. The fraction of sp³-hybridized carbons (Fsp3) is 0.207. The molecular weight excluding hydrogens is 582 g/mol. The molecule has 0 radical (unpaired) electrons. The Hall–Kier alpha value is -4.02. The lowest BCUT2D eigenvalue weighted by Gasteiger charge is -2.15. The fourth-order valence-electron chi connectivity index (χ4n) is 3.99. The normalized spacial score (nSPS) is 12.1. The van der Waals surface area contributed by atoms with Gasteiger partial charge in [-0.1, -0.05) is 59.6 Å². The predicted octanol–water partition coefficient (Wildman–Crippen LogP) is 7.30. The molecule has 3 aromatic carbocycles. The first-order chi connectivity index (χ1) is 19.5. The van der Waals surface area contributed by atoms with Gasteiger partial charge in [-0.25, -0.2) is 9.48 Å². The molecule has 0 spiro atoms. The monoisotopic (exact) mass is 605 g/mol. The zero-order valence-electron chi connectivity index (χ0n) is 21.8. The van der Waals surface area contributed by atoms with Crippen molar-refractivity contribution in [1.29, 1.82) is 0 Å². The van der Waals surface area contributed by atoms with Crippen LogP contribution in [0.25, 0.3) is 16.9 Å². The number of hydrogen-bond donors (Lipinski definition) is 1. The second-order valence-electron chi connectivity index (χ2n) is 8.81. The third-order valence-electron chi connectivity index (χ3n) is 5.98. The molecule has 0 aliphatic heterocycles. The van der Waals surface area contributed by atoms with Crippen LogP contribution in [0.15, 0.2) is 72.8 Å². The smallest absolute Gasteiger partial charge is 0.416 e. The molecule has 0 saturated carbocycles. The highest BCUT2D eigenvalue weighted by atomic mass is 35.5. The minimum atomic E-state index is -4.49. The molecule has 1 heterocycles. The van der Waals surface area contributed by atoms with Crippen molar-refractivity contribution in [3.8, 4) is 22.7 Å². The summed E-state index contributed by atoms with van der Waals surface area (Å²) in [6, 6.07) is 17.2. The van der Waals surface area contributed by atoms with Crippen LogP contribution in [0.1, 0.15) is 41.5 Å². The van der Waals surface area contributed by atoms with E-state index < -0.39 is 36.3 Å². The number of alkyl halides is 3. The summed E-state index contributed by atoms with van der Waals surface area (Å²) in [5.74, 6) is -1.39. The van der Waals surface area contributed by atoms with Gasteiger partial charge in [0.2, 0.25) is 0 Å². The van der Waals surface area contributed by atoms with Crippen molar-refractivity contribution in [3.05, 3.63) is 99.7 Å². The Morgan fingerprint density at radius 2 is 1.66 bits per heavy atom. The molecule has 0 aliphatic carbocycles. The van der Waals surface area contributed by atoms with Crippen LogP contribution in [0.3, 0.4) is 0 Å². The maximum Gasteiger partial charge on any atom is 0.416 e. The van der Waals surface area contributed by atoms with E-state index in [9.17, 15) is 22.8 Å². The van der Waals surface area contributed by atoms with E-state index in [0.717, 1.165) is 12.1 Å². The van der Waals surface area contributed by atoms with Gasteiger partial charge in [-0.2, -0.15) is 18.3 Å². The fourth-order valence-corrected chi connectivity index (χ4v) is 4.33. The molecule has 4 rings (SSSR count). The standard InChI is InChI=1S/C29H24Cl2F3N3O4/c1-3-40-24(38)16-41-27-25(28(39)35-17(2)18-8-12-20(13-9-18)29(32,33)34)36-37(23-7-5-4-6-22(23)31)26(27)19-10-14-21(30)15-11-19/h4-15,17H,3,16H2,1-2H3,(H,35,39)/t17-/m1/s1. The molecule has 1 N–H and O–H groups in total. The zero-order valence-corrected chi connectivity index (χ0v) is 23.3. The second-order valence-corrected chi connectivity index (χ2v) is 9.65. The average molecular weight is 606 g/mol. The number of esters is 1. The number of hydrogen-bond acceptors (Lipinski definition) is 5. The van der Waals surface area contributed by atoms with Crippen LogP contribution < -0.4 is 10.1 Å². The first kappa shape index (κ1) is 30.0. The molecular formula is C29H24Cl2F3N3O4. The zero-order chi connectivity index (χ0) is 29.7. The minimum Gasteiger partial charge on any atom is -0.477 e. The van der Waals surface area contributed by atoms with Crippen LogP contribution in [0.5, 0.6) is 5.75 Å². The molecule has 1 amide bonds. The Balaban J connectivity index is 1.79. The van der Waals surface area contributed by atoms with Crippen LogP contribution in [0, 0.1) is 0 Å². The van der Waals surface area contributed by atoms with E-state index in [-0.39, 0.29) is 18.1 Å². The summed E-state index contributed by atoms with van der Waals surface area (Å²) in [6.07, 6.45) is -4.49. The molecule has 214 valence electrons. The van der Waals surface area contributed by atoms with Gasteiger partial charge in [0.15, 0.2) is 18.1 Å². The summed E-state index contributed by atoms with van der Waals surface area (Å²) in [7, 11) is 0. The van der Waals surface area contributed by atoms with Gasteiger partial charge in [0.1, 0.15) is 5.69 Å². The van der Waals surface area contributed by atoms with Gasteiger partial charge in [-0.05, 0) is 55.8 Å². The van der Waals surface area contributed by atoms with Crippen molar-refractivity contribution >= 4 is 35.1 Å². The van der Waals surface area contributed by atoms with Gasteiger partial charge in [0.25, 0.3) is 5.91 Å². The highest BCUT2D eigenvalue weighted by Gasteiger charge is 2.31. The highest BCUT2D eigenvalue weighted by molar-refractivity contribution is 6.32. The van der Waals surface area contributed by atoms with Crippen molar-refractivity contribution in [1.82, 2.24) is 15.1 Å². The van der Waals surface area contributed by atoms with Crippen LogP contribution in [0.4, 0.5) is 13.2 Å². The summed E-state index contributed by atoms with van der Waals surface area (Å²) in [6.45, 7) is 2.87. The van der Waals surface area contributed by atoms with E-state index in [2.05, 4.69) is 10.4 Å². The number of ether oxygens (including phenoxy) is 2. The Kier molecular flexibility index (Phi) is 9.25. The first-order valence-corrected chi connectivity index (χ1v) is 13.2. The molecule has 0 saturated heterocycles. The lowest BCUT2D eigenvalue weighted by molar-refractivity contribution is -0.145. The molecule has 1 aromatic heterocycles. The van der Waals surface area contributed by atoms with Crippen molar-refractivity contribution < 1.29 is 32.2 Å². The van der Waals surface area contributed by atoms with Crippen LogP contribution in [-0.4, -0.2) is 34.9 Å². The molecule has 12 heteroatoms. The largest absolute Gasteiger partial charge is 0.477 e. The van der Waals surface area contributed by atoms with Gasteiger partial charge in [0.05, 0.1) is 28.9 Å². The lowest BCUT2D eigenvalue weighted by Crippen LogP contribution is -2.28. The molecule has 0 unspecified atom stereocenters. The number of carbonyl (C=O) groups excluding carboxylic acids is 2. The number of para-hydroxylation sites is 1. The Labute approximate surface area is 243 Å². The number of amides is 1. The number of rotatable bonds is 9. The topological polar surface area (TPSA) is 82.4 Å². The van der Waals surface area contributed by atoms with E-state index in [1.165, 1.54) is 16.8 Å². The summed E-state index contributed by atoms with van der Waals surface area (Å²) >= 11 is 12.6. The molecule has 7 nitrogen and oxygen atoms in total. The first-order valence-electron chi connectivity index (χ1n) is 12.4. The molecule has 4 aromatic rings. The molecule has 0 bridgehead atoms. The Morgan fingerprint density at radius 1 is 1.00 bits per heavy atom. The van der Waals surface area contributed by atoms with Crippen LogP contribution in [-0.2, 0) is 15.7 Å². The van der Waals surface area contributed by atoms with Crippen LogP contribution >= 0.6 is 23.2 Å². The third kappa shape index (κ3) is 7.01. The average Bonchev–Trinajstić information content (AvgIpc) is 3.31. The minimum absolute atomic E-state index is 0.0302. The van der Waals surface area contributed by atoms with Gasteiger partial charge in [-0.15, -0.1) is 0 Å².